The first-order valence-corrected chi connectivity index (χ1v) is 4.05. The van der Waals surface area contributed by atoms with Gasteiger partial charge in [0, 0.05) is 6.54 Å². The molecule has 0 radical (unpaired) electrons. The summed E-state index contributed by atoms with van der Waals surface area (Å²) in [6, 6.07) is 1.44. The van der Waals surface area contributed by atoms with Crippen molar-refractivity contribution in [2.45, 2.75) is 0 Å². The Hall–Kier alpha value is -1.82. The maximum absolute atomic E-state index is 11.0. The van der Waals surface area contributed by atoms with Crippen LogP contribution in [-0.2, 0) is 0 Å². The van der Waals surface area contributed by atoms with E-state index in [1.165, 1.54) is 12.3 Å². The number of primary amides is 1. The van der Waals surface area contributed by atoms with Crippen molar-refractivity contribution in [1.82, 2.24) is 4.98 Å². The van der Waals surface area contributed by atoms with Crippen LogP contribution in [0.4, 0.5) is 11.5 Å². The van der Waals surface area contributed by atoms with Crippen LogP contribution in [0.2, 0.25) is 0 Å². The van der Waals surface area contributed by atoms with Crippen LogP contribution < -0.4 is 16.8 Å². The Morgan fingerprint density at radius 1 is 1.64 bits per heavy atom. The number of amides is 1. The predicted octanol–water partition coefficient (Wildman–Crippen LogP) is -0.833. The molecule has 0 aliphatic carbocycles. The van der Waals surface area contributed by atoms with Gasteiger partial charge < -0.3 is 21.9 Å². The zero-order valence-corrected chi connectivity index (χ0v) is 7.53. The van der Waals surface area contributed by atoms with E-state index in [4.69, 9.17) is 16.6 Å². The molecule has 0 fully saturated rings. The minimum Gasteiger partial charge on any atom is -0.397 e. The predicted molar refractivity (Wildman–Crippen MR) is 52.7 cm³/mol. The molecule has 0 aliphatic heterocycles. The molecule has 1 heterocycles. The number of nitrogen functional groups attached to an aromatic ring is 1. The van der Waals surface area contributed by atoms with Crippen molar-refractivity contribution in [3.63, 3.8) is 0 Å². The molecule has 0 aromatic carbocycles. The second-order valence-electron chi connectivity index (χ2n) is 2.68. The van der Waals surface area contributed by atoms with Gasteiger partial charge >= 0.3 is 0 Å². The standard InChI is InChI=1S/C8H12N4O2/c9-5-3-6(7(10)14)8(12-4-5)11-1-2-13/h3-4,13H,1-2,9H2,(H2,10,14)(H,11,12). The van der Waals surface area contributed by atoms with Crippen molar-refractivity contribution in [3.05, 3.63) is 17.8 Å². The van der Waals surface area contributed by atoms with Crippen LogP contribution in [-0.4, -0.2) is 29.1 Å². The van der Waals surface area contributed by atoms with Crippen molar-refractivity contribution in [2.24, 2.45) is 5.73 Å². The number of nitrogens with zero attached hydrogens (tertiary/aromatic N) is 1. The number of pyridine rings is 1. The van der Waals surface area contributed by atoms with Gasteiger partial charge in [0.25, 0.3) is 5.91 Å². The molecule has 0 unspecified atom stereocenters. The lowest BCUT2D eigenvalue weighted by Crippen LogP contribution is -2.17. The first kappa shape index (κ1) is 10.3. The van der Waals surface area contributed by atoms with Crippen molar-refractivity contribution >= 4 is 17.4 Å². The van der Waals surface area contributed by atoms with Crippen LogP contribution in [0.15, 0.2) is 12.3 Å². The van der Waals surface area contributed by atoms with Crippen LogP contribution in [0.1, 0.15) is 10.4 Å². The third kappa shape index (κ3) is 2.33. The number of aliphatic hydroxyl groups excluding tert-OH is 1. The lowest BCUT2D eigenvalue weighted by atomic mass is 10.2. The van der Waals surface area contributed by atoms with E-state index in [9.17, 15) is 4.79 Å². The minimum atomic E-state index is -0.606. The number of anilines is 2. The highest BCUT2D eigenvalue weighted by Gasteiger charge is 2.09. The maximum atomic E-state index is 11.0. The van der Waals surface area contributed by atoms with E-state index < -0.39 is 5.91 Å². The number of carbonyl (C=O) groups excluding carboxylic acids is 1. The van der Waals surface area contributed by atoms with Crippen LogP contribution >= 0.6 is 0 Å². The fraction of sp³-hybridized carbons (Fsp3) is 0.250. The van der Waals surface area contributed by atoms with Gasteiger partial charge in [0.2, 0.25) is 0 Å². The summed E-state index contributed by atoms with van der Waals surface area (Å²) in [6.45, 7) is 0.251. The lowest BCUT2D eigenvalue weighted by molar-refractivity contribution is 0.100. The largest absolute Gasteiger partial charge is 0.397 e. The molecule has 0 atom stereocenters. The number of aliphatic hydroxyl groups is 1. The van der Waals surface area contributed by atoms with Crippen LogP contribution in [0.25, 0.3) is 0 Å². The van der Waals surface area contributed by atoms with Gasteiger partial charge in [-0.3, -0.25) is 4.79 Å². The highest BCUT2D eigenvalue weighted by molar-refractivity contribution is 5.98. The summed E-state index contributed by atoms with van der Waals surface area (Å²) < 4.78 is 0. The lowest BCUT2D eigenvalue weighted by Gasteiger charge is -2.07. The van der Waals surface area contributed by atoms with Gasteiger partial charge in [-0.1, -0.05) is 0 Å². The van der Waals surface area contributed by atoms with E-state index in [0.29, 0.717) is 18.1 Å². The molecule has 6 N–H and O–H groups in total. The van der Waals surface area contributed by atoms with Crippen LogP contribution in [0.5, 0.6) is 0 Å². The fourth-order valence-electron chi connectivity index (χ4n) is 0.984. The molecule has 1 rings (SSSR count). The normalized spacial score (nSPS) is 9.79. The Kier molecular flexibility index (Phi) is 3.24. The minimum absolute atomic E-state index is 0.0513. The molecule has 1 amide bonds. The number of nitrogens with two attached hydrogens (primary N) is 2. The summed E-state index contributed by atoms with van der Waals surface area (Å²) >= 11 is 0. The molecular weight excluding hydrogens is 184 g/mol. The molecule has 0 aliphatic rings. The monoisotopic (exact) mass is 196 g/mol. The molecule has 0 bridgehead atoms. The van der Waals surface area contributed by atoms with Gasteiger partial charge in [-0.25, -0.2) is 4.98 Å². The SMILES string of the molecule is NC(=O)c1cc(N)cnc1NCCO. The van der Waals surface area contributed by atoms with Gasteiger partial charge in [0.1, 0.15) is 5.82 Å². The molecule has 1 aromatic heterocycles. The molecule has 6 heteroatoms. The summed E-state index contributed by atoms with van der Waals surface area (Å²) in [5.74, 6) is -0.272. The number of carbonyl (C=O) groups is 1. The highest BCUT2D eigenvalue weighted by Crippen LogP contribution is 2.14. The van der Waals surface area contributed by atoms with E-state index in [-0.39, 0.29) is 12.2 Å². The van der Waals surface area contributed by atoms with E-state index in [1.54, 1.807) is 0 Å². The number of nitrogens with one attached hydrogen (secondary N) is 1. The zero-order chi connectivity index (χ0) is 10.6. The summed E-state index contributed by atoms with van der Waals surface area (Å²) in [7, 11) is 0. The van der Waals surface area contributed by atoms with E-state index in [0.717, 1.165) is 0 Å². The average Bonchev–Trinajstić information content (AvgIpc) is 2.15. The summed E-state index contributed by atoms with van der Waals surface area (Å²) in [4.78, 5) is 14.9. The Bertz CT molecular complexity index is 340. The van der Waals surface area contributed by atoms with Crippen molar-refractivity contribution in [1.29, 1.82) is 0 Å². The summed E-state index contributed by atoms with van der Waals surface area (Å²) in [6.07, 6.45) is 1.41. The molecule has 14 heavy (non-hydrogen) atoms. The van der Waals surface area contributed by atoms with E-state index >= 15 is 0 Å². The second-order valence-corrected chi connectivity index (χ2v) is 2.68. The molecular formula is C8H12N4O2. The molecule has 6 nitrogen and oxygen atoms in total. The summed E-state index contributed by atoms with van der Waals surface area (Å²) in [5.41, 5.74) is 11.2. The smallest absolute Gasteiger partial charge is 0.252 e. The first-order chi connectivity index (χ1) is 6.65. The van der Waals surface area contributed by atoms with Crippen molar-refractivity contribution in [2.75, 3.05) is 24.2 Å². The average molecular weight is 196 g/mol. The fourth-order valence-corrected chi connectivity index (χ4v) is 0.984. The maximum Gasteiger partial charge on any atom is 0.252 e. The van der Waals surface area contributed by atoms with Crippen LogP contribution in [0, 0.1) is 0 Å². The highest BCUT2D eigenvalue weighted by atomic mass is 16.3. The quantitative estimate of drug-likeness (QED) is 0.501. The molecule has 0 saturated carbocycles. The summed E-state index contributed by atoms with van der Waals surface area (Å²) in [5, 5.41) is 11.3. The van der Waals surface area contributed by atoms with Crippen molar-refractivity contribution in [3.8, 4) is 0 Å². The molecule has 1 aromatic rings. The topological polar surface area (TPSA) is 114 Å². The molecule has 0 saturated heterocycles. The first-order valence-electron chi connectivity index (χ1n) is 4.05. The Morgan fingerprint density at radius 2 is 2.36 bits per heavy atom. The van der Waals surface area contributed by atoms with Gasteiger partial charge in [0.05, 0.1) is 24.1 Å². The Balaban J connectivity index is 2.96. The van der Waals surface area contributed by atoms with Crippen molar-refractivity contribution < 1.29 is 9.90 Å². The number of hydrogen-bond donors (Lipinski definition) is 4. The van der Waals surface area contributed by atoms with Gasteiger partial charge in [-0.2, -0.15) is 0 Å². The Morgan fingerprint density at radius 3 is 2.93 bits per heavy atom. The zero-order valence-electron chi connectivity index (χ0n) is 7.53. The van der Waals surface area contributed by atoms with E-state index in [2.05, 4.69) is 10.3 Å². The van der Waals surface area contributed by atoms with Gasteiger partial charge in [-0.15, -0.1) is 0 Å². The number of hydrogen-bond acceptors (Lipinski definition) is 5. The second kappa shape index (κ2) is 4.43. The number of rotatable bonds is 4. The third-order valence-corrected chi connectivity index (χ3v) is 1.58. The number of aromatic nitrogens is 1. The van der Waals surface area contributed by atoms with E-state index in [1.807, 2.05) is 0 Å². The van der Waals surface area contributed by atoms with Crippen LogP contribution in [0.3, 0.4) is 0 Å². The van der Waals surface area contributed by atoms with Gasteiger partial charge in [-0.05, 0) is 6.07 Å². The van der Waals surface area contributed by atoms with Gasteiger partial charge in [0.15, 0.2) is 0 Å². The molecule has 76 valence electrons. The third-order valence-electron chi connectivity index (χ3n) is 1.58. The Labute approximate surface area is 80.9 Å². The molecule has 0 spiro atoms.